The van der Waals surface area contributed by atoms with E-state index in [1.165, 1.54) is 11.8 Å². The van der Waals surface area contributed by atoms with Crippen LogP contribution in [0.4, 0.5) is 0 Å². The Morgan fingerprint density at radius 2 is 2.29 bits per heavy atom. The predicted octanol–water partition coefficient (Wildman–Crippen LogP) is 1.11. The number of nitrogens with zero attached hydrogens (tertiary/aromatic N) is 2. The van der Waals surface area contributed by atoms with Crippen LogP contribution in [-0.2, 0) is 16.0 Å². The monoisotopic (exact) mass is 250 g/mol. The number of aromatic nitrogens is 1. The van der Waals surface area contributed by atoms with Gasteiger partial charge < -0.3 is 4.90 Å². The van der Waals surface area contributed by atoms with Crippen molar-refractivity contribution in [2.75, 3.05) is 13.1 Å². The maximum Gasteiger partial charge on any atom is 0.227 e. The molecule has 2 rings (SSSR count). The highest BCUT2D eigenvalue weighted by Gasteiger charge is 2.31. The van der Waals surface area contributed by atoms with E-state index in [0.717, 1.165) is 5.56 Å². The van der Waals surface area contributed by atoms with Crippen LogP contribution in [0.15, 0.2) is 24.5 Å². The SMILES string of the molecule is CC(=O)SC1CN(C(=O)Cc2cccnc2)C1. The molecule has 0 bridgehead atoms. The Balaban J connectivity index is 1.78. The highest BCUT2D eigenvalue weighted by Crippen LogP contribution is 2.23. The van der Waals surface area contributed by atoms with Gasteiger partial charge in [-0.2, -0.15) is 0 Å². The molecule has 0 saturated carbocycles. The quantitative estimate of drug-likeness (QED) is 0.806. The third-order valence-electron chi connectivity index (χ3n) is 2.61. The molecule has 0 aromatic carbocycles. The average molecular weight is 250 g/mol. The Bertz CT molecular complexity index is 416. The molecule has 1 amide bonds. The molecule has 17 heavy (non-hydrogen) atoms. The van der Waals surface area contributed by atoms with Crippen molar-refractivity contribution in [3.05, 3.63) is 30.1 Å². The summed E-state index contributed by atoms with van der Waals surface area (Å²) in [5.41, 5.74) is 0.931. The molecule has 0 unspecified atom stereocenters. The zero-order chi connectivity index (χ0) is 12.3. The van der Waals surface area contributed by atoms with E-state index in [1.54, 1.807) is 24.2 Å². The van der Waals surface area contributed by atoms with Crippen LogP contribution in [0.25, 0.3) is 0 Å². The molecule has 0 aliphatic carbocycles. The Kier molecular flexibility index (Phi) is 3.78. The molecule has 1 aromatic rings. The summed E-state index contributed by atoms with van der Waals surface area (Å²) in [5.74, 6) is 0.110. The highest BCUT2D eigenvalue weighted by atomic mass is 32.2. The second kappa shape index (κ2) is 5.31. The molecule has 1 saturated heterocycles. The maximum absolute atomic E-state index is 11.8. The minimum absolute atomic E-state index is 0.110. The van der Waals surface area contributed by atoms with Crippen molar-refractivity contribution < 1.29 is 9.59 Å². The molecule has 0 spiro atoms. The third kappa shape index (κ3) is 3.30. The summed E-state index contributed by atoms with van der Waals surface area (Å²) in [7, 11) is 0. The lowest BCUT2D eigenvalue weighted by Crippen LogP contribution is -2.52. The number of thioether (sulfide) groups is 1. The summed E-state index contributed by atoms with van der Waals surface area (Å²) in [6, 6.07) is 3.72. The van der Waals surface area contributed by atoms with Crippen molar-refractivity contribution in [3.63, 3.8) is 0 Å². The van der Waals surface area contributed by atoms with E-state index in [0.29, 0.717) is 19.5 Å². The fourth-order valence-corrected chi connectivity index (χ4v) is 2.72. The fraction of sp³-hybridized carbons (Fsp3) is 0.417. The highest BCUT2D eigenvalue weighted by molar-refractivity contribution is 8.14. The van der Waals surface area contributed by atoms with Crippen LogP contribution in [0, 0.1) is 0 Å². The van der Waals surface area contributed by atoms with Gasteiger partial charge >= 0.3 is 0 Å². The molecule has 0 N–H and O–H groups in total. The first-order chi connectivity index (χ1) is 8.15. The largest absolute Gasteiger partial charge is 0.340 e. The third-order valence-corrected chi connectivity index (χ3v) is 3.57. The van der Waals surface area contributed by atoms with E-state index >= 15 is 0 Å². The van der Waals surface area contributed by atoms with Crippen molar-refractivity contribution in [1.29, 1.82) is 0 Å². The van der Waals surface area contributed by atoms with E-state index in [9.17, 15) is 9.59 Å². The molecular weight excluding hydrogens is 236 g/mol. The second-order valence-electron chi connectivity index (χ2n) is 4.07. The van der Waals surface area contributed by atoms with E-state index in [4.69, 9.17) is 0 Å². The van der Waals surface area contributed by atoms with Gasteiger partial charge in [0.25, 0.3) is 0 Å². The molecule has 2 heterocycles. The lowest BCUT2D eigenvalue weighted by atomic mass is 10.1. The molecule has 90 valence electrons. The number of carbonyl (C=O) groups excluding carboxylic acids is 2. The van der Waals surface area contributed by atoms with Gasteiger partial charge in [0.15, 0.2) is 5.12 Å². The summed E-state index contributed by atoms with van der Waals surface area (Å²) >= 11 is 1.32. The van der Waals surface area contributed by atoms with Gasteiger partial charge in [0.05, 0.1) is 6.42 Å². The van der Waals surface area contributed by atoms with E-state index in [-0.39, 0.29) is 16.3 Å². The van der Waals surface area contributed by atoms with Crippen LogP contribution in [0.1, 0.15) is 12.5 Å². The molecule has 4 nitrogen and oxygen atoms in total. The lowest BCUT2D eigenvalue weighted by molar-refractivity contribution is -0.133. The number of likely N-dealkylation sites (tertiary alicyclic amines) is 1. The molecule has 1 aromatic heterocycles. The summed E-state index contributed by atoms with van der Waals surface area (Å²) in [5, 5.41) is 0.403. The zero-order valence-corrected chi connectivity index (χ0v) is 10.4. The Morgan fingerprint density at radius 3 is 2.88 bits per heavy atom. The predicted molar refractivity (Wildman–Crippen MR) is 66.6 cm³/mol. The van der Waals surface area contributed by atoms with Crippen LogP contribution < -0.4 is 0 Å². The van der Waals surface area contributed by atoms with Gasteiger partial charge in [-0.05, 0) is 11.6 Å². The molecule has 1 fully saturated rings. The standard InChI is InChI=1S/C12H14N2O2S/c1-9(15)17-11-7-14(8-11)12(16)5-10-3-2-4-13-6-10/h2-4,6,11H,5,7-8H2,1H3. The van der Waals surface area contributed by atoms with Crippen molar-refractivity contribution in [2.24, 2.45) is 0 Å². The molecule has 1 aliphatic heterocycles. The van der Waals surface area contributed by atoms with Gasteiger partial charge in [0.2, 0.25) is 5.91 Å². The van der Waals surface area contributed by atoms with Gasteiger partial charge in [-0.3, -0.25) is 14.6 Å². The number of carbonyl (C=O) groups is 2. The maximum atomic E-state index is 11.8. The Morgan fingerprint density at radius 1 is 1.53 bits per heavy atom. The van der Waals surface area contributed by atoms with Crippen molar-refractivity contribution >= 4 is 22.8 Å². The summed E-state index contributed by atoms with van der Waals surface area (Å²) in [6.07, 6.45) is 3.79. The average Bonchev–Trinajstić information content (AvgIpc) is 2.23. The molecule has 1 aliphatic rings. The molecule has 5 heteroatoms. The number of rotatable bonds is 3. The van der Waals surface area contributed by atoms with Gasteiger partial charge in [-0.25, -0.2) is 0 Å². The number of amides is 1. The summed E-state index contributed by atoms with van der Waals surface area (Å²) in [6.45, 7) is 2.93. The number of hydrogen-bond donors (Lipinski definition) is 0. The van der Waals surface area contributed by atoms with E-state index in [2.05, 4.69) is 4.98 Å². The minimum atomic E-state index is 0.110. The van der Waals surface area contributed by atoms with Crippen molar-refractivity contribution in [2.45, 2.75) is 18.6 Å². The molecule has 0 radical (unpaired) electrons. The van der Waals surface area contributed by atoms with E-state index in [1.807, 2.05) is 12.1 Å². The first-order valence-electron chi connectivity index (χ1n) is 5.49. The minimum Gasteiger partial charge on any atom is -0.340 e. The first-order valence-corrected chi connectivity index (χ1v) is 6.37. The number of pyridine rings is 1. The number of hydrogen-bond acceptors (Lipinski definition) is 4. The first kappa shape index (κ1) is 12.1. The second-order valence-corrected chi connectivity index (χ2v) is 5.55. The zero-order valence-electron chi connectivity index (χ0n) is 9.63. The topological polar surface area (TPSA) is 50.3 Å². The summed E-state index contributed by atoms with van der Waals surface area (Å²) < 4.78 is 0. The van der Waals surface area contributed by atoms with Crippen LogP contribution >= 0.6 is 11.8 Å². The van der Waals surface area contributed by atoms with Crippen LogP contribution in [0.5, 0.6) is 0 Å². The van der Waals surface area contributed by atoms with Gasteiger partial charge in [0, 0.05) is 37.7 Å². The Hall–Kier alpha value is -1.36. The normalized spacial score (nSPS) is 15.5. The van der Waals surface area contributed by atoms with Crippen LogP contribution in [-0.4, -0.2) is 39.2 Å². The van der Waals surface area contributed by atoms with Crippen molar-refractivity contribution in [3.8, 4) is 0 Å². The molecular formula is C12H14N2O2S. The lowest BCUT2D eigenvalue weighted by Gasteiger charge is -2.38. The van der Waals surface area contributed by atoms with Gasteiger partial charge in [0.1, 0.15) is 0 Å². The molecule has 0 atom stereocenters. The van der Waals surface area contributed by atoms with Crippen LogP contribution in [0.2, 0.25) is 0 Å². The Labute approximate surface area is 104 Å². The fourth-order valence-electron chi connectivity index (χ4n) is 1.74. The van der Waals surface area contributed by atoms with Gasteiger partial charge in [-0.15, -0.1) is 0 Å². The van der Waals surface area contributed by atoms with E-state index < -0.39 is 0 Å². The smallest absolute Gasteiger partial charge is 0.227 e. The van der Waals surface area contributed by atoms with Crippen LogP contribution in [0.3, 0.4) is 0 Å². The van der Waals surface area contributed by atoms with Crippen molar-refractivity contribution in [1.82, 2.24) is 9.88 Å². The summed E-state index contributed by atoms with van der Waals surface area (Å²) in [4.78, 5) is 28.5. The van der Waals surface area contributed by atoms with Gasteiger partial charge in [-0.1, -0.05) is 17.8 Å².